The smallest absolute Gasteiger partial charge is 0.162 e. The predicted molar refractivity (Wildman–Crippen MR) is 89.5 cm³/mol. The molecule has 2 N–H and O–H groups in total. The minimum absolute atomic E-state index is 0.317. The zero-order chi connectivity index (χ0) is 15.1. The third-order valence-corrected chi connectivity index (χ3v) is 4.11. The average Bonchev–Trinajstić information content (AvgIpc) is 2.38. The second-order valence-corrected chi connectivity index (χ2v) is 6.50. The van der Waals surface area contributed by atoms with E-state index in [2.05, 4.69) is 41.8 Å². The molecule has 3 rings (SSSR count). The Labute approximate surface area is 137 Å². The number of benzene rings is 2. The molecule has 0 fully saturated rings. The van der Waals surface area contributed by atoms with Crippen LogP contribution in [0.3, 0.4) is 0 Å². The Morgan fingerprint density at radius 3 is 2.52 bits per heavy atom. The molecule has 0 atom stereocenters. The average molecular weight is 411 g/mol. The number of hydrogen-bond donors (Lipinski definition) is 1. The van der Waals surface area contributed by atoms with Crippen molar-refractivity contribution >= 4 is 48.6 Å². The molecule has 0 aliphatic rings. The van der Waals surface area contributed by atoms with Crippen molar-refractivity contribution in [3.05, 3.63) is 50.7 Å². The third kappa shape index (κ3) is 2.78. The summed E-state index contributed by atoms with van der Waals surface area (Å²) in [7, 11) is 0. The lowest BCUT2D eigenvalue weighted by Crippen LogP contribution is -1.99. The summed E-state index contributed by atoms with van der Waals surface area (Å²) in [5.74, 6) is 0.451. The largest absolute Gasteiger partial charge is 0.383 e. The first kappa shape index (κ1) is 14.4. The fourth-order valence-corrected chi connectivity index (χ4v) is 3.49. The molecule has 1 heterocycles. The van der Waals surface area contributed by atoms with Gasteiger partial charge in [0.15, 0.2) is 5.82 Å². The summed E-state index contributed by atoms with van der Waals surface area (Å²) >= 11 is 6.88. The number of halogens is 3. The van der Waals surface area contributed by atoms with Crippen molar-refractivity contribution in [2.45, 2.75) is 6.92 Å². The van der Waals surface area contributed by atoms with Crippen molar-refractivity contribution in [3.8, 4) is 11.4 Å². The van der Waals surface area contributed by atoms with Crippen LogP contribution in [0.4, 0.5) is 10.2 Å². The molecule has 6 heteroatoms. The topological polar surface area (TPSA) is 51.8 Å². The van der Waals surface area contributed by atoms with Crippen molar-refractivity contribution in [1.29, 1.82) is 0 Å². The standard InChI is InChI=1S/C15H10Br2FN3/c1-7-2-8(4-10(18)3-7)15-20-13-11(14(19)21-15)5-9(16)6-12(13)17/h2-6H,1H3,(H2,19,20,21). The summed E-state index contributed by atoms with van der Waals surface area (Å²) in [5.41, 5.74) is 8.13. The van der Waals surface area contributed by atoms with E-state index < -0.39 is 0 Å². The molecule has 21 heavy (non-hydrogen) atoms. The number of rotatable bonds is 1. The second-order valence-electron chi connectivity index (χ2n) is 4.73. The van der Waals surface area contributed by atoms with E-state index in [0.29, 0.717) is 22.7 Å². The van der Waals surface area contributed by atoms with Crippen molar-refractivity contribution in [2.24, 2.45) is 0 Å². The Balaban J connectivity index is 2.30. The normalized spacial score (nSPS) is 11.0. The van der Waals surface area contributed by atoms with Crippen LogP contribution in [0, 0.1) is 12.7 Å². The maximum Gasteiger partial charge on any atom is 0.162 e. The number of aromatic nitrogens is 2. The van der Waals surface area contributed by atoms with E-state index in [0.717, 1.165) is 19.9 Å². The monoisotopic (exact) mass is 409 g/mol. The molecule has 0 amide bonds. The molecule has 0 spiro atoms. The first-order valence-electron chi connectivity index (χ1n) is 6.14. The lowest BCUT2D eigenvalue weighted by molar-refractivity contribution is 0.627. The van der Waals surface area contributed by atoms with Crippen LogP contribution in [0.25, 0.3) is 22.3 Å². The van der Waals surface area contributed by atoms with Gasteiger partial charge in [-0.25, -0.2) is 14.4 Å². The molecule has 106 valence electrons. The van der Waals surface area contributed by atoms with Crippen LogP contribution in [-0.4, -0.2) is 9.97 Å². The van der Waals surface area contributed by atoms with Crippen LogP contribution < -0.4 is 5.73 Å². The zero-order valence-electron chi connectivity index (χ0n) is 11.0. The molecule has 0 radical (unpaired) electrons. The second kappa shape index (κ2) is 5.35. The Morgan fingerprint density at radius 1 is 1.05 bits per heavy atom. The van der Waals surface area contributed by atoms with Gasteiger partial charge in [-0.2, -0.15) is 0 Å². The maximum absolute atomic E-state index is 13.6. The van der Waals surface area contributed by atoms with E-state index >= 15 is 0 Å². The Morgan fingerprint density at radius 2 is 1.81 bits per heavy atom. The third-order valence-electron chi connectivity index (χ3n) is 3.05. The molecule has 0 saturated heterocycles. The minimum Gasteiger partial charge on any atom is -0.383 e. The number of anilines is 1. The molecular weight excluding hydrogens is 401 g/mol. The van der Waals surface area contributed by atoms with Gasteiger partial charge in [0.1, 0.15) is 11.6 Å². The number of nitrogens with zero attached hydrogens (tertiary/aromatic N) is 2. The van der Waals surface area contributed by atoms with Crippen LogP contribution in [0.2, 0.25) is 0 Å². The van der Waals surface area contributed by atoms with Crippen molar-refractivity contribution in [3.63, 3.8) is 0 Å². The zero-order valence-corrected chi connectivity index (χ0v) is 14.2. The van der Waals surface area contributed by atoms with Crippen LogP contribution >= 0.6 is 31.9 Å². The molecule has 0 aliphatic heterocycles. The number of hydrogen-bond acceptors (Lipinski definition) is 3. The first-order valence-corrected chi connectivity index (χ1v) is 7.72. The molecule has 0 saturated carbocycles. The van der Waals surface area contributed by atoms with Gasteiger partial charge in [-0.05, 0) is 58.7 Å². The van der Waals surface area contributed by atoms with Gasteiger partial charge in [0.05, 0.1) is 5.52 Å². The molecular formula is C15H10Br2FN3. The summed E-state index contributed by atoms with van der Waals surface area (Å²) in [6.45, 7) is 1.82. The summed E-state index contributed by atoms with van der Waals surface area (Å²) in [5, 5.41) is 0.744. The quantitative estimate of drug-likeness (QED) is 0.623. The lowest BCUT2D eigenvalue weighted by Gasteiger charge is -2.08. The SMILES string of the molecule is Cc1cc(F)cc(-c2nc(N)c3cc(Br)cc(Br)c3n2)c1. The summed E-state index contributed by atoms with van der Waals surface area (Å²) in [6, 6.07) is 8.43. The highest BCUT2D eigenvalue weighted by atomic mass is 79.9. The van der Waals surface area contributed by atoms with E-state index in [4.69, 9.17) is 5.73 Å². The van der Waals surface area contributed by atoms with Gasteiger partial charge in [-0.15, -0.1) is 0 Å². The van der Waals surface area contributed by atoms with Gasteiger partial charge in [-0.1, -0.05) is 15.9 Å². The highest BCUT2D eigenvalue weighted by Crippen LogP contribution is 2.31. The highest BCUT2D eigenvalue weighted by molar-refractivity contribution is 9.11. The lowest BCUT2D eigenvalue weighted by atomic mass is 10.1. The molecule has 3 nitrogen and oxygen atoms in total. The summed E-state index contributed by atoms with van der Waals surface area (Å²) < 4.78 is 15.2. The molecule has 3 aromatic rings. The molecule has 1 aromatic heterocycles. The molecule has 0 unspecified atom stereocenters. The van der Waals surface area contributed by atoms with E-state index in [9.17, 15) is 4.39 Å². The maximum atomic E-state index is 13.6. The van der Waals surface area contributed by atoms with E-state index in [1.165, 1.54) is 12.1 Å². The summed E-state index contributed by atoms with van der Waals surface area (Å²) in [6.07, 6.45) is 0. The van der Waals surface area contributed by atoms with Crippen LogP contribution in [0.15, 0.2) is 39.3 Å². The van der Waals surface area contributed by atoms with E-state index in [-0.39, 0.29) is 5.82 Å². The van der Waals surface area contributed by atoms with Gasteiger partial charge in [0.25, 0.3) is 0 Å². The van der Waals surface area contributed by atoms with Gasteiger partial charge in [0.2, 0.25) is 0 Å². The van der Waals surface area contributed by atoms with E-state index in [1.54, 1.807) is 0 Å². The first-order chi connectivity index (χ1) is 9.94. The van der Waals surface area contributed by atoms with Crippen molar-refractivity contribution < 1.29 is 4.39 Å². The van der Waals surface area contributed by atoms with Gasteiger partial charge < -0.3 is 5.73 Å². The van der Waals surface area contributed by atoms with Gasteiger partial charge >= 0.3 is 0 Å². The number of nitrogen functional groups attached to an aromatic ring is 1. The highest BCUT2D eigenvalue weighted by Gasteiger charge is 2.12. The molecule has 2 aromatic carbocycles. The number of aryl methyl sites for hydroxylation is 1. The molecule has 0 bridgehead atoms. The van der Waals surface area contributed by atoms with Crippen molar-refractivity contribution in [2.75, 3.05) is 5.73 Å². The summed E-state index contributed by atoms with van der Waals surface area (Å²) in [4.78, 5) is 8.80. The fourth-order valence-electron chi connectivity index (χ4n) is 2.17. The van der Waals surface area contributed by atoms with Gasteiger partial charge in [0, 0.05) is 19.9 Å². The minimum atomic E-state index is -0.317. The Bertz CT molecular complexity index is 845. The number of nitrogens with two attached hydrogens (primary N) is 1. The van der Waals surface area contributed by atoms with Crippen LogP contribution in [0.5, 0.6) is 0 Å². The Kier molecular flexibility index (Phi) is 3.67. The van der Waals surface area contributed by atoms with Gasteiger partial charge in [-0.3, -0.25) is 0 Å². The van der Waals surface area contributed by atoms with E-state index in [1.807, 2.05) is 25.1 Å². The van der Waals surface area contributed by atoms with Crippen LogP contribution in [0.1, 0.15) is 5.56 Å². The predicted octanol–water partition coefficient (Wildman–Crippen LogP) is 4.85. The van der Waals surface area contributed by atoms with Crippen molar-refractivity contribution in [1.82, 2.24) is 9.97 Å². The Hall–Kier alpha value is -1.53. The fraction of sp³-hybridized carbons (Fsp3) is 0.0667. The molecule has 0 aliphatic carbocycles. The van der Waals surface area contributed by atoms with Crippen LogP contribution in [-0.2, 0) is 0 Å². The number of fused-ring (bicyclic) bond motifs is 1.